The van der Waals surface area contributed by atoms with Gasteiger partial charge in [0.15, 0.2) is 0 Å². The second-order valence-corrected chi connectivity index (χ2v) is 6.66. The van der Waals surface area contributed by atoms with Crippen molar-refractivity contribution < 1.29 is 5.11 Å². The second-order valence-electron chi connectivity index (χ2n) is 5.43. The quantitative estimate of drug-likeness (QED) is 0.847. The molecule has 2 bridgehead atoms. The van der Waals surface area contributed by atoms with Crippen molar-refractivity contribution in [3.8, 4) is 0 Å². The average molecular weight is 316 g/mol. The third-order valence-corrected chi connectivity index (χ3v) is 5.81. The number of hydrogen-bond acceptors (Lipinski definition) is 1. The van der Waals surface area contributed by atoms with Gasteiger partial charge in [-0.3, -0.25) is 0 Å². The SMILES string of the molecule is OC(c1cccc(Br)c1Cl)C1CC2CCC1C2. The first-order chi connectivity index (χ1) is 8.16. The standard InChI is InChI=1S/C14H16BrClO/c15-12-3-1-2-10(13(12)16)14(17)11-7-8-4-5-9(11)6-8/h1-3,8-9,11,14,17H,4-7H2. The van der Waals surface area contributed by atoms with E-state index in [2.05, 4.69) is 15.9 Å². The van der Waals surface area contributed by atoms with Crippen LogP contribution in [0.25, 0.3) is 0 Å². The van der Waals surface area contributed by atoms with Gasteiger partial charge < -0.3 is 5.11 Å². The van der Waals surface area contributed by atoms with Crippen LogP contribution < -0.4 is 0 Å². The van der Waals surface area contributed by atoms with Gasteiger partial charge in [-0.2, -0.15) is 0 Å². The Hall–Kier alpha value is -0.0500. The van der Waals surface area contributed by atoms with E-state index in [4.69, 9.17) is 11.6 Å². The first-order valence-electron chi connectivity index (χ1n) is 6.29. The molecule has 1 N–H and O–H groups in total. The van der Waals surface area contributed by atoms with Crippen LogP contribution in [0.2, 0.25) is 5.02 Å². The molecule has 1 nitrogen and oxygen atoms in total. The van der Waals surface area contributed by atoms with E-state index in [0.29, 0.717) is 16.9 Å². The molecule has 0 aromatic heterocycles. The number of fused-ring (bicyclic) bond motifs is 2. The number of benzene rings is 1. The fourth-order valence-corrected chi connectivity index (χ4v) is 4.28. The molecule has 17 heavy (non-hydrogen) atoms. The Morgan fingerprint density at radius 1 is 1.29 bits per heavy atom. The lowest BCUT2D eigenvalue weighted by atomic mass is 9.82. The molecule has 1 aromatic carbocycles. The van der Waals surface area contributed by atoms with E-state index in [0.717, 1.165) is 16.0 Å². The summed E-state index contributed by atoms with van der Waals surface area (Å²) in [4.78, 5) is 0. The summed E-state index contributed by atoms with van der Waals surface area (Å²) in [6.45, 7) is 0. The van der Waals surface area contributed by atoms with Gasteiger partial charge in [0.2, 0.25) is 0 Å². The van der Waals surface area contributed by atoms with Crippen LogP contribution in [0.1, 0.15) is 37.4 Å². The Morgan fingerprint density at radius 3 is 2.76 bits per heavy atom. The molecule has 3 heteroatoms. The largest absolute Gasteiger partial charge is 0.388 e. The van der Waals surface area contributed by atoms with Crippen molar-refractivity contribution in [2.24, 2.45) is 17.8 Å². The lowest BCUT2D eigenvalue weighted by Crippen LogP contribution is -2.19. The summed E-state index contributed by atoms with van der Waals surface area (Å²) >= 11 is 9.68. The molecule has 4 atom stereocenters. The van der Waals surface area contributed by atoms with Crippen molar-refractivity contribution in [2.75, 3.05) is 0 Å². The van der Waals surface area contributed by atoms with Crippen LogP contribution in [0.4, 0.5) is 0 Å². The van der Waals surface area contributed by atoms with Gasteiger partial charge in [-0.1, -0.05) is 30.2 Å². The van der Waals surface area contributed by atoms with Crippen molar-refractivity contribution in [2.45, 2.75) is 31.8 Å². The number of halogens is 2. The predicted molar refractivity (Wildman–Crippen MR) is 73.0 cm³/mol. The Bertz CT molecular complexity index is 434. The first-order valence-corrected chi connectivity index (χ1v) is 7.46. The van der Waals surface area contributed by atoms with Crippen molar-refractivity contribution in [1.29, 1.82) is 0 Å². The molecule has 2 aliphatic carbocycles. The average Bonchev–Trinajstić information content (AvgIpc) is 2.94. The fraction of sp³-hybridized carbons (Fsp3) is 0.571. The zero-order valence-electron chi connectivity index (χ0n) is 9.57. The van der Waals surface area contributed by atoms with Gasteiger partial charge in [0.05, 0.1) is 11.1 Å². The van der Waals surface area contributed by atoms with Gasteiger partial charge in [0.25, 0.3) is 0 Å². The summed E-state index contributed by atoms with van der Waals surface area (Å²) in [5.74, 6) is 1.98. The van der Waals surface area contributed by atoms with E-state index >= 15 is 0 Å². The van der Waals surface area contributed by atoms with Crippen LogP contribution in [-0.2, 0) is 0 Å². The van der Waals surface area contributed by atoms with Crippen LogP contribution in [-0.4, -0.2) is 5.11 Å². The Labute approximate surface area is 115 Å². The topological polar surface area (TPSA) is 20.2 Å². The van der Waals surface area contributed by atoms with Crippen molar-refractivity contribution in [1.82, 2.24) is 0 Å². The minimum Gasteiger partial charge on any atom is -0.388 e. The van der Waals surface area contributed by atoms with E-state index in [1.807, 2.05) is 18.2 Å². The molecule has 92 valence electrons. The van der Waals surface area contributed by atoms with Crippen molar-refractivity contribution in [3.63, 3.8) is 0 Å². The lowest BCUT2D eigenvalue weighted by Gasteiger charge is -2.27. The number of rotatable bonds is 2. The molecule has 2 aliphatic rings. The molecule has 0 radical (unpaired) electrons. The van der Waals surface area contributed by atoms with Gasteiger partial charge in [-0.05, 0) is 59.0 Å². The van der Waals surface area contributed by atoms with Crippen LogP contribution >= 0.6 is 27.5 Å². The third kappa shape index (κ3) is 2.05. The molecule has 2 saturated carbocycles. The normalized spacial score (nSPS) is 33.0. The zero-order valence-corrected chi connectivity index (χ0v) is 11.9. The smallest absolute Gasteiger partial charge is 0.0835 e. The molecular weight excluding hydrogens is 300 g/mol. The van der Waals surface area contributed by atoms with Crippen LogP contribution in [0.3, 0.4) is 0 Å². The molecule has 1 aromatic rings. The van der Waals surface area contributed by atoms with Crippen LogP contribution in [0, 0.1) is 17.8 Å². The molecule has 0 heterocycles. The van der Waals surface area contributed by atoms with Crippen LogP contribution in [0.15, 0.2) is 22.7 Å². The molecule has 0 saturated heterocycles. The van der Waals surface area contributed by atoms with Gasteiger partial charge in [0, 0.05) is 10.0 Å². The van der Waals surface area contributed by atoms with E-state index in [1.165, 1.54) is 25.7 Å². The van der Waals surface area contributed by atoms with Crippen molar-refractivity contribution in [3.05, 3.63) is 33.3 Å². The van der Waals surface area contributed by atoms with E-state index < -0.39 is 6.10 Å². The highest BCUT2D eigenvalue weighted by Crippen LogP contribution is 2.53. The summed E-state index contributed by atoms with van der Waals surface area (Å²) in [5.41, 5.74) is 0.888. The Balaban J connectivity index is 1.86. The molecule has 2 fully saturated rings. The molecule has 0 spiro atoms. The van der Waals surface area contributed by atoms with E-state index in [1.54, 1.807) is 0 Å². The van der Waals surface area contributed by atoms with E-state index in [9.17, 15) is 5.11 Å². The minimum absolute atomic E-state index is 0.393. The number of aliphatic hydroxyl groups excluding tert-OH is 1. The maximum absolute atomic E-state index is 10.5. The molecular formula is C14H16BrClO. The minimum atomic E-state index is -0.393. The summed E-state index contributed by atoms with van der Waals surface area (Å²) in [6, 6.07) is 5.81. The Morgan fingerprint density at radius 2 is 2.12 bits per heavy atom. The highest BCUT2D eigenvalue weighted by atomic mass is 79.9. The summed E-state index contributed by atoms with van der Waals surface area (Å²) in [6.07, 6.45) is 4.75. The number of aliphatic hydroxyl groups is 1. The lowest BCUT2D eigenvalue weighted by molar-refractivity contribution is 0.0745. The van der Waals surface area contributed by atoms with Gasteiger partial charge in [-0.15, -0.1) is 0 Å². The van der Waals surface area contributed by atoms with Crippen LogP contribution in [0.5, 0.6) is 0 Å². The maximum atomic E-state index is 10.5. The predicted octanol–water partition coefficient (Wildman–Crippen LogP) is 4.57. The Kier molecular flexibility index (Phi) is 3.22. The van der Waals surface area contributed by atoms with E-state index in [-0.39, 0.29) is 0 Å². The van der Waals surface area contributed by atoms with Gasteiger partial charge >= 0.3 is 0 Å². The highest BCUT2D eigenvalue weighted by Gasteiger charge is 2.43. The highest BCUT2D eigenvalue weighted by molar-refractivity contribution is 9.10. The van der Waals surface area contributed by atoms with Crippen molar-refractivity contribution >= 4 is 27.5 Å². The molecule has 3 rings (SSSR count). The summed E-state index contributed by atoms with van der Waals surface area (Å²) < 4.78 is 0.874. The third-order valence-electron chi connectivity index (χ3n) is 4.50. The molecule has 0 amide bonds. The monoisotopic (exact) mass is 314 g/mol. The molecule has 4 unspecified atom stereocenters. The zero-order chi connectivity index (χ0) is 12.0. The fourth-order valence-electron chi connectivity index (χ4n) is 3.66. The maximum Gasteiger partial charge on any atom is 0.0835 e. The first kappa shape index (κ1) is 12.0. The van der Waals surface area contributed by atoms with Gasteiger partial charge in [0.1, 0.15) is 0 Å². The molecule has 0 aliphatic heterocycles. The second kappa shape index (κ2) is 4.56. The number of hydrogen-bond donors (Lipinski definition) is 1. The summed E-state index contributed by atoms with van der Waals surface area (Å²) in [5, 5.41) is 11.2. The summed E-state index contributed by atoms with van der Waals surface area (Å²) in [7, 11) is 0. The van der Waals surface area contributed by atoms with Gasteiger partial charge in [-0.25, -0.2) is 0 Å².